The second kappa shape index (κ2) is 10.6. The van der Waals surface area contributed by atoms with E-state index in [-0.39, 0.29) is 29.2 Å². The molecule has 1 fully saturated rings. The van der Waals surface area contributed by atoms with Gasteiger partial charge in [0.15, 0.2) is 0 Å². The minimum Gasteiger partial charge on any atom is -0.497 e. The van der Waals surface area contributed by atoms with Gasteiger partial charge in [-0.25, -0.2) is 13.6 Å². The number of anilines is 1. The maximum Gasteiger partial charge on any atom is 0.248 e. The van der Waals surface area contributed by atoms with Crippen LogP contribution in [0.1, 0.15) is 18.4 Å². The highest BCUT2D eigenvalue weighted by Gasteiger charge is 2.27. The minimum atomic E-state index is -3.77. The summed E-state index contributed by atoms with van der Waals surface area (Å²) in [6.07, 6.45) is 1.09. The quantitative estimate of drug-likeness (QED) is 0.616. The molecule has 2 aromatic rings. The highest BCUT2D eigenvalue weighted by atomic mass is 32.2. The monoisotopic (exact) mass is 461 g/mol. The fraction of sp³-hybridized carbons (Fsp3) is 0.364. The van der Waals surface area contributed by atoms with Gasteiger partial charge in [-0.05, 0) is 54.8 Å². The van der Waals surface area contributed by atoms with E-state index in [1.54, 1.807) is 12.0 Å². The van der Waals surface area contributed by atoms with Crippen LogP contribution in [0.5, 0.6) is 5.75 Å². The summed E-state index contributed by atoms with van der Waals surface area (Å²) in [5, 5.41) is 7.86. The van der Waals surface area contributed by atoms with Gasteiger partial charge in [-0.2, -0.15) is 0 Å². The first-order valence-corrected chi connectivity index (χ1v) is 11.7. The summed E-state index contributed by atoms with van der Waals surface area (Å²) in [4.78, 5) is 26.6. The molecule has 3 rings (SSSR count). The van der Waals surface area contributed by atoms with E-state index < -0.39 is 10.0 Å². The van der Waals surface area contributed by atoms with Gasteiger partial charge in [-0.1, -0.05) is 12.1 Å². The number of nitrogens with one attached hydrogen (secondary N) is 1. The van der Waals surface area contributed by atoms with Crippen LogP contribution in [0.3, 0.4) is 0 Å². The highest BCUT2D eigenvalue weighted by molar-refractivity contribution is 7.89. The topological polar surface area (TPSA) is 128 Å². The molecule has 0 spiro atoms. The van der Waals surface area contributed by atoms with E-state index in [1.165, 1.54) is 24.3 Å². The maximum atomic E-state index is 12.5. The van der Waals surface area contributed by atoms with Crippen LogP contribution in [0.15, 0.2) is 53.4 Å². The number of primary sulfonamides is 1. The van der Waals surface area contributed by atoms with Crippen molar-refractivity contribution in [2.24, 2.45) is 11.1 Å². The van der Waals surface area contributed by atoms with Crippen LogP contribution in [-0.2, 0) is 31.0 Å². The Morgan fingerprint density at radius 2 is 1.81 bits per heavy atom. The van der Waals surface area contributed by atoms with E-state index in [4.69, 9.17) is 14.6 Å². The number of amides is 2. The molecular formula is C22H27N3O6S. The third-order valence-corrected chi connectivity index (χ3v) is 6.23. The average molecular weight is 462 g/mol. The van der Waals surface area contributed by atoms with Crippen molar-refractivity contribution >= 4 is 27.5 Å². The van der Waals surface area contributed by atoms with Crippen LogP contribution < -0.4 is 15.2 Å². The molecular weight excluding hydrogens is 434 g/mol. The van der Waals surface area contributed by atoms with Gasteiger partial charge in [-0.3, -0.25) is 9.59 Å². The molecule has 0 aliphatic carbocycles. The summed E-state index contributed by atoms with van der Waals surface area (Å²) in [5.74, 6) is 0.243. The zero-order valence-electron chi connectivity index (χ0n) is 17.8. The molecule has 32 heavy (non-hydrogen) atoms. The Morgan fingerprint density at radius 1 is 1.12 bits per heavy atom. The average Bonchev–Trinajstić information content (AvgIpc) is 2.79. The third kappa shape index (κ3) is 6.52. The Labute approximate surface area is 187 Å². The third-order valence-electron chi connectivity index (χ3n) is 5.30. The van der Waals surface area contributed by atoms with E-state index in [0.29, 0.717) is 38.2 Å². The van der Waals surface area contributed by atoms with Crippen LogP contribution in [0.25, 0.3) is 0 Å². The standard InChI is InChI=1S/C22H27N3O6S/c1-30-19-4-2-3-16(13-19)14-31-15-21(26)25-11-9-17(10-12-25)22(27)24-18-5-7-20(8-6-18)32(23,28)29/h2-8,13,17H,9-12,14-15H2,1H3,(H,24,27)(H2,23,28,29). The van der Waals surface area contributed by atoms with E-state index in [9.17, 15) is 18.0 Å². The molecule has 3 N–H and O–H groups in total. The molecule has 0 unspecified atom stereocenters. The number of sulfonamides is 1. The van der Waals surface area contributed by atoms with Gasteiger partial charge in [0.2, 0.25) is 21.8 Å². The summed E-state index contributed by atoms with van der Waals surface area (Å²) in [7, 11) is -2.18. The summed E-state index contributed by atoms with van der Waals surface area (Å²) >= 11 is 0. The van der Waals surface area contributed by atoms with E-state index in [1.807, 2.05) is 24.3 Å². The number of benzene rings is 2. The second-order valence-electron chi connectivity index (χ2n) is 7.56. The first-order valence-electron chi connectivity index (χ1n) is 10.2. The molecule has 1 aliphatic heterocycles. The molecule has 1 heterocycles. The van der Waals surface area contributed by atoms with E-state index in [2.05, 4.69) is 5.32 Å². The number of carbonyl (C=O) groups is 2. The Kier molecular flexibility index (Phi) is 7.84. The van der Waals surface area contributed by atoms with Crippen molar-refractivity contribution in [3.63, 3.8) is 0 Å². The fourth-order valence-electron chi connectivity index (χ4n) is 3.47. The van der Waals surface area contributed by atoms with Crippen molar-refractivity contribution in [1.82, 2.24) is 4.90 Å². The van der Waals surface area contributed by atoms with E-state index >= 15 is 0 Å². The molecule has 0 radical (unpaired) electrons. The fourth-order valence-corrected chi connectivity index (χ4v) is 3.99. The van der Waals surface area contributed by atoms with Crippen LogP contribution in [0.2, 0.25) is 0 Å². The Balaban J connectivity index is 1.41. The Bertz CT molecular complexity index is 1050. The number of hydrogen-bond acceptors (Lipinski definition) is 6. The number of carbonyl (C=O) groups excluding carboxylic acids is 2. The van der Waals surface area contributed by atoms with Gasteiger partial charge in [0, 0.05) is 24.7 Å². The number of hydrogen-bond donors (Lipinski definition) is 2. The maximum absolute atomic E-state index is 12.5. The minimum absolute atomic E-state index is 0.0176. The van der Waals surface area contributed by atoms with Crippen LogP contribution >= 0.6 is 0 Å². The lowest BCUT2D eigenvalue weighted by atomic mass is 9.95. The lowest BCUT2D eigenvalue weighted by Gasteiger charge is -2.31. The van der Waals surface area contributed by atoms with Gasteiger partial charge < -0.3 is 19.7 Å². The lowest BCUT2D eigenvalue weighted by Crippen LogP contribution is -2.42. The first kappa shape index (κ1) is 23.7. The highest BCUT2D eigenvalue weighted by Crippen LogP contribution is 2.21. The van der Waals surface area contributed by atoms with Crippen molar-refractivity contribution < 1.29 is 27.5 Å². The van der Waals surface area contributed by atoms with Crippen molar-refractivity contribution in [2.45, 2.75) is 24.3 Å². The molecule has 1 aliphatic rings. The van der Waals surface area contributed by atoms with Crippen LogP contribution in [-0.4, -0.2) is 51.9 Å². The number of methoxy groups -OCH3 is 1. The largest absolute Gasteiger partial charge is 0.497 e. The van der Waals surface area contributed by atoms with Crippen LogP contribution in [0.4, 0.5) is 5.69 Å². The predicted octanol–water partition coefficient (Wildman–Crippen LogP) is 1.74. The summed E-state index contributed by atoms with van der Waals surface area (Å²) < 4.78 is 33.3. The molecule has 0 saturated carbocycles. The van der Waals surface area contributed by atoms with Gasteiger partial charge in [-0.15, -0.1) is 0 Å². The zero-order chi connectivity index (χ0) is 23.1. The number of likely N-dealkylation sites (tertiary alicyclic amines) is 1. The summed E-state index contributed by atoms with van der Waals surface area (Å²) in [5.41, 5.74) is 1.41. The van der Waals surface area contributed by atoms with Crippen LogP contribution in [0, 0.1) is 5.92 Å². The van der Waals surface area contributed by atoms with Gasteiger partial charge in [0.1, 0.15) is 12.4 Å². The summed E-state index contributed by atoms with van der Waals surface area (Å²) in [6, 6.07) is 13.1. The smallest absolute Gasteiger partial charge is 0.248 e. The van der Waals surface area contributed by atoms with Gasteiger partial charge in [0.05, 0.1) is 18.6 Å². The second-order valence-corrected chi connectivity index (χ2v) is 9.12. The van der Waals surface area contributed by atoms with Crippen molar-refractivity contribution in [2.75, 3.05) is 32.1 Å². The van der Waals surface area contributed by atoms with Crippen molar-refractivity contribution in [1.29, 1.82) is 0 Å². The summed E-state index contributed by atoms with van der Waals surface area (Å²) in [6.45, 7) is 1.24. The molecule has 0 aromatic heterocycles. The molecule has 1 saturated heterocycles. The number of piperidine rings is 1. The zero-order valence-corrected chi connectivity index (χ0v) is 18.6. The lowest BCUT2D eigenvalue weighted by molar-refractivity contribution is -0.139. The van der Waals surface area contributed by atoms with Gasteiger partial charge >= 0.3 is 0 Å². The predicted molar refractivity (Wildman–Crippen MR) is 118 cm³/mol. The van der Waals surface area contributed by atoms with Gasteiger partial charge in [0.25, 0.3) is 0 Å². The molecule has 0 bridgehead atoms. The molecule has 0 atom stereocenters. The molecule has 2 aromatic carbocycles. The SMILES string of the molecule is COc1cccc(COCC(=O)N2CCC(C(=O)Nc3ccc(S(N)(=O)=O)cc3)CC2)c1. The number of ether oxygens (including phenoxy) is 2. The molecule has 2 amide bonds. The van der Waals surface area contributed by atoms with Crippen molar-refractivity contribution in [3.05, 3.63) is 54.1 Å². The first-order chi connectivity index (χ1) is 15.3. The molecule has 172 valence electrons. The normalized spacial score (nSPS) is 14.8. The Hall–Kier alpha value is -2.95. The number of rotatable bonds is 8. The number of nitrogens with zero attached hydrogens (tertiary/aromatic N) is 1. The number of nitrogens with two attached hydrogens (primary N) is 1. The molecule has 10 heteroatoms. The van der Waals surface area contributed by atoms with E-state index in [0.717, 1.165) is 11.3 Å². The Morgan fingerprint density at radius 3 is 2.44 bits per heavy atom. The molecule has 9 nitrogen and oxygen atoms in total. The van der Waals surface area contributed by atoms with Crippen molar-refractivity contribution in [3.8, 4) is 5.75 Å².